The van der Waals surface area contributed by atoms with E-state index < -0.39 is 0 Å². The molecule has 0 aliphatic rings. The highest BCUT2D eigenvalue weighted by atomic mass is 19.1. The van der Waals surface area contributed by atoms with Crippen LogP contribution >= 0.6 is 0 Å². The number of anilines is 1. The summed E-state index contributed by atoms with van der Waals surface area (Å²) in [5.74, 6) is -0.580. The van der Waals surface area contributed by atoms with Crippen LogP contribution in [0.25, 0.3) is 0 Å². The van der Waals surface area contributed by atoms with Crippen molar-refractivity contribution in [3.8, 4) is 0 Å². The van der Waals surface area contributed by atoms with Gasteiger partial charge in [0.05, 0.1) is 11.7 Å². The number of benzene rings is 2. The molecule has 0 saturated carbocycles. The molecule has 0 saturated heterocycles. The average molecular weight is 276 g/mol. The molecule has 0 radical (unpaired) electrons. The first kappa shape index (κ1) is 14.5. The van der Waals surface area contributed by atoms with Crippen molar-refractivity contribution in [3.63, 3.8) is 0 Å². The molecule has 0 fully saturated rings. The zero-order valence-electron chi connectivity index (χ0n) is 11.6. The van der Waals surface area contributed by atoms with E-state index in [2.05, 4.69) is 0 Å². The van der Waals surface area contributed by atoms with Crippen molar-refractivity contribution in [2.75, 3.05) is 18.5 Å². The number of halogens is 2. The van der Waals surface area contributed by atoms with E-state index in [0.29, 0.717) is 12.2 Å². The largest absolute Gasteiger partial charge is 0.364 e. The van der Waals surface area contributed by atoms with Gasteiger partial charge in [-0.1, -0.05) is 18.2 Å². The van der Waals surface area contributed by atoms with Crippen LogP contribution in [0.1, 0.15) is 17.2 Å². The molecule has 2 aromatic carbocycles. The van der Waals surface area contributed by atoms with Crippen LogP contribution in [0.5, 0.6) is 0 Å². The third-order valence-electron chi connectivity index (χ3n) is 3.51. The van der Waals surface area contributed by atoms with Gasteiger partial charge in [-0.05, 0) is 42.3 Å². The monoisotopic (exact) mass is 276 g/mol. The fraction of sp³-hybridized carbons (Fsp3) is 0.250. The van der Waals surface area contributed by atoms with Crippen molar-refractivity contribution in [1.82, 2.24) is 0 Å². The molecule has 0 aliphatic carbocycles. The molecule has 20 heavy (non-hydrogen) atoms. The lowest BCUT2D eigenvalue weighted by Crippen LogP contribution is -2.31. The first-order chi connectivity index (χ1) is 9.54. The summed E-state index contributed by atoms with van der Waals surface area (Å²) in [5, 5.41) is 0. The quantitative estimate of drug-likeness (QED) is 0.927. The van der Waals surface area contributed by atoms with E-state index in [1.165, 1.54) is 18.2 Å². The number of hydrogen-bond acceptors (Lipinski definition) is 2. The predicted octanol–water partition coefficient (Wildman–Crippen LogP) is 3.41. The second-order valence-electron chi connectivity index (χ2n) is 4.81. The number of rotatable bonds is 4. The second kappa shape index (κ2) is 6.01. The van der Waals surface area contributed by atoms with Crippen molar-refractivity contribution in [2.45, 2.75) is 13.0 Å². The van der Waals surface area contributed by atoms with Crippen molar-refractivity contribution in [3.05, 3.63) is 65.2 Å². The summed E-state index contributed by atoms with van der Waals surface area (Å²) in [6.45, 7) is 2.15. The van der Waals surface area contributed by atoms with E-state index in [9.17, 15) is 8.78 Å². The van der Waals surface area contributed by atoms with Gasteiger partial charge in [0, 0.05) is 13.6 Å². The first-order valence-electron chi connectivity index (χ1n) is 6.48. The summed E-state index contributed by atoms with van der Waals surface area (Å²) < 4.78 is 27.1. The van der Waals surface area contributed by atoms with Gasteiger partial charge in [0.2, 0.25) is 0 Å². The van der Waals surface area contributed by atoms with Crippen molar-refractivity contribution in [2.24, 2.45) is 5.73 Å². The molecule has 0 bridgehead atoms. The lowest BCUT2D eigenvalue weighted by molar-refractivity contribution is 0.598. The number of hydrogen-bond donors (Lipinski definition) is 1. The molecular weight excluding hydrogens is 258 g/mol. The number of nitrogens with two attached hydrogens (primary N) is 1. The lowest BCUT2D eigenvalue weighted by Gasteiger charge is -2.30. The van der Waals surface area contributed by atoms with Gasteiger partial charge in [-0.15, -0.1) is 0 Å². The van der Waals surface area contributed by atoms with Gasteiger partial charge in [-0.2, -0.15) is 0 Å². The van der Waals surface area contributed by atoms with E-state index in [4.69, 9.17) is 5.73 Å². The molecule has 2 nitrogen and oxygen atoms in total. The van der Waals surface area contributed by atoms with E-state index in [0.717, 1.165) is 11.1 Å². The van der Waals surface area contributed by atoms with Crippen LogP contribution in [-0.4, -0.2) is 13.6 Å². The molecule has 0 spiro atoms. The topological polar surface area (TPSA) is 29.3 Å². The van der Waals surface area contributed by atoms with Gasteiger partial charge in [0.1, 0.15) is 11.6 Å². The third-order valence-corrected chi connectivity index (χ3v) is 3.51. The maximum Gasteiger partial charge on any atom is 0.146 e. The zero-order valence-corrected chi connectivity index (χ0v) is 11.6. The minimum Gasteiger partial charge on any atom is -0.364 e. The highest BCUT2D eigenvalue weighted by Crippen LogP contribution is 2.29. The standard InChI is InChI=1S/C16H18F2N2/c1-11-9-12(17)7-8-13(11)16(10-19)20(2)15-6-4-3-5-14(15)18/h3-9,16H,10,19H2,1-2H3. The highest BCUT2D eigenvalue weighted by Gasteiger charge is 2.20. The molecule has 4 heteroatoms. The summed E-state index contributed by atoms with van der Waals surface area (Å²) in [4.78, 5) is 1.79. The molecule has 0 aromatic heterocycles. The fourth-order valence-corrected chi connectivity index (χ4v) is 2.41. The number of aryl methyl sites for hydroxylation is 1. The van der Waals surface area contributed by atoms with Crippen LogP contribution in [0.2, 0.25) is 0 Å². The minimum atomic E-state index is -0.298. The van der Waals surface area contributed by atoms with Crippen LogP contribution in [-0.2, 0) is 0 Å². The van der Waals surface area contributed by atoms with Crippen molar-refractivity contribution in [1.29, 1.82) is 0 Å². The Morgan fingerprint density at radius 3 is 2.45 bits per heavy atom. The average Bonchev–Trinajstić information content (AvgIpc) is 2.42. The second-order valence-corrected chi connectivity index (χ2v) is 4.81. The smallest absolute Gasteiger partial charge is 0.146 e. The lowest BCUT2D eigenvalue weighted by atomic mass is 9.99. The van der Waals surface area contributed by atoms with Crippen LogP contribution in [0.3, 0.4) is 0 Å². The van der Waals surface area contributed by atoms with Gasteiger partial charge >= 0.3 is 0 Å². The van der Waals surface area contributed by atoms with E-state index in [1.807, 2.05) is 6.92 Å². The summed E-state index contributed by atoms with van der Waals surface area (Å²) in [7, 11) is 1.79. The van der Waals surface area contributed by atoms with Gasteiger partial charge in [-0.25, -0.2) is 8.78 Å². The van der Waals surface area contributed by atoms with Gasteiger partial charge < -0.3 is 10.6 Å². The minimum absolute atomic E-state index is 0.201. The molecule has 1 atom stereocenters. The van der Waals surface area contributed by atoms with E-state index >= 15 is 0 Å². The van der Waals surface area contributed by atoms with Crippen molar-refractivity contribution >= 4 is 5.69 Å². The number of nitrogens with zero attached hydrogens (tertiary/aromatic N) is 1. The Morgan fingerprint density at radius 2 is 1.85 bits per heavy atom. The van der Waals surface area contributed by atoms with Crippen LogP contribution in [0.4, 0.5) is 14.5 Å². The maximum atomic E-state index is 13.9. The van der Waals surface area contributed by atoms with Gasteiger partial charge in [0.25, 0.3) is 0 Å². The van der Waals surface area contributed by atoms with Gasteiger partial charge in [-0.3, -0.25) is 0 Å². The van der Waals surface area contributed by atoms with E-state index in [-0.39, 0.29) is 17.7 Å². The molecule has 1 unspecified atom stereocenters. The maximum absolute atomic E-state index is 13.9. The Balaban J connectivity index is 2.39. The zero-order chi connectivity index (χ0) is 14.7. The molecule has 0 aliphatic heterocycles. The molecule has 106 valence electrons. The molecule has 0 amide bonds. The summed E-state index contributed by atoms with van der Waals surface area (Å²) in [6, 6.07) is 10.9. The third kappa shape index (κ3) is 2.80. The first-order valence-corrected chi connectivity index (χ1v) is 6.48. The molecule has 2 aromatic rings. The van der Waals surface area contributed by atoms with E-state index in [1.54, 1.807) is 36.2 Å². The summed E-state index contributed by atoms with van der Waals surface area (Å²) >= 11 is 0. The Hall–Kier alpha value is -1.94. The van der Waals surface area contributed by atoms with Crippen LogP contribution in [0, 0.1) is 18.6 Å². The Labute approximate surface area is 117 Å². The number of likely N-dealkylation sites (N-methyl/N-ethyl adjacent to an activating group) is 1. The number of para-hydroxylation sites is 1. The fourth-order valence-electron chi connectivity index (χ4n) is 2.41. The summed E-state index contributed by atoms with van der Waals surface area (Å²) in [5.41, 5.74) is 8.03. The molecule has 0 heterocycles. The van der Waals surface area contributed by atoms with Crippen LogP contribution in [0.15, 0.2) is 42.5 Å². The van der Waals surface area contributed by atoms with Gasteiger partial charge in [0.15, 0.2) is 0 Å². The Bertz CT molecular complexity index is 599. The normalized spacial score (nSPS) is 12.2. The predicted molar refractivity (Wildman–Crippen MR) is 77.7 cm³/mol. The summed E-state index contributed by atoms with van der Waals surface area (Å²) in [6.07, 6.45) is 0. The molecule has 2 N–H and O–H groups in total. The Morgan fingerprint density at radius 1 is 1.15 bits per heavy atom. The molecule has 2 rings (SSSR count). The van der Waals surface area contributed by atoms with Crippen molar-refractivity contribution < 1.29 is 8.78 Å². The highest BCUT2D eigenvalue weighted by molar-refractivity contribution is 5.50. The molecular formula is C16H18F2N2. The Kier molecular flexibility index (Phi) is 4.35. The SMILES string of the molecule is Cc1cc(F)ccc1C(CN)N(C)c1ccccc1F. The van der Waals surface area contributed by atoms with Crippen LogP contribution < -0.4 is 10.6 Å².